The maximum atomic E-state index is 13.4. The molecule has 1 unspecified atom stereocenters. The number of benzene rings is 1. The molecular weight excluding hydrogens is 351 g/mol. The van der Waals surface area contributed by atoms with E-state index in [0.29, 0.717) is 32.4 Å². The third-order valence-electron chi connectivity index (χ3n) is 5.12. The summed E-state index contributed by atoms with van der Waals surface area (Å²) in [5.74, 6) is -0.602. The maximum Gasteiger partial charge on any atom is 0.407 e. The number of amides is 1. The first kappa shape index (κ1) is 18.1. The average Bonchev–Trinajstić information content (AvgIpc) is 2.98. The molecule has 25 heavy (non-hydrogen) atoms. The van der Waals surface area contributed by atoms with Crippen LogP contribution < -0.4 is 0 Å². The van der Waals surface area contributed by atoms with Crippen molar-refractivity contribution in [3.05, 3.63) is 30.1 Å². The molecule has 0 saturated carbocycles. The Morgan fingerprint density at radius 1 is 1.40 bits per heavy atom. The summed E-state index contributed by atoms with van der Waals surface area (Å²) in [6.45, 7) is 1.00. The Morgan fingerprint density at radius 3 is 2.68 bits per heavy atom. The summed E-state index contributed by atoms with van der Waals surface area (Å²) in [5, 5.41) is 9.03. The first-order valence-electron chi connectivity index (χ1n) is 8.09. The summed E-state index contributed by atoms with van der Waals surface area (Å²) in [7, 11) is -2.34. The van der Waals surface area contributed by atoms with Gasteiger partial charge in [-0.3, -0.25) is 0 Å². The highest BCUT2D eigenvalue weighted by Crippen LogP contribution is 2.38. The van der Waals surface area contributed by atoms with Gasteiger partial charge in [-0.25, -0.2) is 17.6 Å². The molecule has 9 heteroatoms. The van der Waals surface area contributed by atoms with Crippen LogP contribution in [0.2, 0.25) is 0 Å². The van der Waals surface area contributed by atoms with Crippen LogP contribution in [0.4, 0.5) is 9.18 Å². The number of nitrogens with zero attached hydrogens (tertiary/aromatic N) is 2. The van der Waals surface area contributed by atoms with Crippen LogP contribution in [0.3, 0.4) is 0 Å². The second-order valence-electron chi connectivity index (χ2n) is 6.60. The van der Waals surface area contributed by atoms with Gasteiger partial charge in [-0.05, 0) is 37.5 Å². The fourth-order valence-corrected chi connectivity index (χ4v) is 4.87. The van der Waals surface area contributed by atoms with Crippen molar-refractivity contribution in [2.45, 2.75) is 35.8 Å². The van der Waals surface area contributed by atoms with Crippen molar-refractivity contribution >= 4 is 16.1 Å². The molecule has 2 saturated heterocycles. The number of likely N-dealkylation sites (tertiary alicyclic amines) is 1. The second-order valence-corrected chi connectivity index (χ2v) is 8.60. The van der Waals surface area contributed by atoms with Gasteiger partial charge < -0.3 is 14.7 Å². The monoisotopic (exact) mass is 372 g/mol. The molecule has 138 valence electrons. The topological polar surface area (TPSA) is 87.2 Å². The highest BCUT2D eigenvalue weighted by Gasteiger charge is 2.46. The quantitative estimate of drug-likeness (QED) is 0.873. The highest BCUT2D eigenvalue weighted by atomic mass is 32.2. The number of ether oxygens (including phenoxy) is 1. The summed E-state index contributed by atoms with van der Waals surface area (Å²) in [5.41, 5.74) is -0.484. The van der Waals surface area contributed by atoms with E-state index in [1.165, 1.54) is 34.5 Å². The Bertz CT molecular complexity index is 762. The maximum absolute atomic E-state index is 13.4. The molecule has 2 fully saturated rings. The number of hydrogen-bond acceptors (Lipinski definition) is 4. The highest BCUT2D eigenvalue weighted by molar-refractivity contribution is 7.89. The van der Waals surface area contributed by atoms with Gasteiger partial charge in [0, 0.05) is 20.1 Å². The van der Waals surface area contributed by atoms with Crippen LogP contribution in [-0.2, 0) is 14.8 Å². The molecule has 2 aliphatic rings. The molecule has 3 rings (SSSR count). The van der Waals surface area contributed by atoms with E-state index in [4.69, 9.17) is 9.84 Å². The molecule has 1 N–H and O–H groups in total. The SMILES string of the molecule is CN(C1COC2(CCN(C(=O)O)CC2)C1)S(=O)(=O)c1cccc(F)c1. The van der Waals surface area contributed by atoms with E-state index in [-0.39, 0.29) is 17.5 Å². The molecule has 1 aromatic rings. The molecule has 2 aliphatic heterocycles. The number of halogens is 1. The minimum atomic E-state index is -3.82. The summed E-state index contributed by atoms with van der Waals surface area (Å²) in [6.07, 6.45) is 0.647. The summed E-state index contributed by atoms with van der Waals surface area (Å²) in [4.78, 5) is 12.3. The molecular formula is C16H21FN2O5S. The van der Waals surface area contributed by atoms with E-state index in [2.05, 4.69) is 0 Å². The van der Waals surface area contributed by atoms with Gasteiger partial charge in [-0.15, -0.1) is 0 Å². The zero-order valence-electron chi connectivity index (χ0n) is 13.9. The zero-order valence-corrected chi connectivity index (χ0v) is 14.7. The van der Waals surface area contributed by atoms with Crippen LogP contribution in [0.5, 0.6) is 0 Å². The molecule has 1 aromatic carbocycles. The standard InChI is InChI=1S/C16H21FN2O5S/c1-18(25(22,23)14-4-2-3-12(17)9-14)13-10-16(24-11-13)5-7-19(8-6-16)15(20)21/h2-4,9,13H,5-8,10-11H2,1H3,(H,20,21). The molecule has 7 nitrogen and oxygen atoms in total. The number of carboxylic acid groups (broad SMARTS) is 1. The van der Waals surface area contributed by atoms with Crippen molar-refractivity contribution in [1.29, 1.82) is 0 Å². The lowest BCUT2D eigenvalue weighted by atomic mass is 9.87. The van der Waals surface area contributed by atoms with Gasteiger partial charge >= 0.3 is 6.09 Å². The minimum absolute atomic E-state index is 0.0864. The fraction of sp³-hybridized carbons (Fsp3) is 0.562. The summed E-state index contributed by atoms with van der Waals surface area (Å²) in [6, 6.07) is 4.58. The van der Waals surface area contributed by atoms with Crippen molar-refractivity contribution in [3.8, 4) is 0 Å². The van der Waals surface area contributed by atoms with E-state index in [0.717, 1.165) is 6.07 Å². The van der Waals surface area contributed by atoms with Gasteiger partial charge in [0.1, 0.15) is 5.82 Å². The van der Waals surface area contributed by atoms with Crippen LogP contribution in [0, 0.1) is 5.82 Å². The average molecular weight is 372 g/mol. The lowest BCUT2D eigenvalue weighted by Crippen LogP contribution is -2.46. The Hall–Kier alpha value is -1.71. The third kappa shape index (κ3) is 3.49. The van der Waals surface area contributed by atoms with E-state index >= 15 is 0 Å². The normalized spacial score (nSPS) is 23.3. The minimum Gasteiger partial charge on any atom is -0.465 e. The molecule has 1 spiro atoms. The Balaban J connectivity index is 1.70. The van der Waals surface area contributed by atoms with Crippen molar-refractivity contribution in [1.82, 2.24) is 9.21 Å². The molecule has 0 aromatic heterocycles. The van der Waals surface area contributed by atoms with E-state index < -0.39 is 27.5 Å². The summed E-state index contributed by atoms with van der Waals surface area (Å²) < 4.78 is 45.9. The van der Waals surface area contributed by atoms with Gasteiger partial charge in [0.15, 0.2) is 0 Å². The predicted octanol–water partition coefficient (Wildman–Crippen LogP) is 1.75. The van der Waals surface area contributed by atoms with Gasteiger partial charge in [0.25, 0.3) is 0 Å². The number of rotatable bonds is 3. The third-order valence-corrected chi connectivity index (χ3v) is 7.03. The molecule has 1 atom stereocenters. The van der Waals surface area contributed by atoms with Gasteiger partial charge in [0.2, 0.25) is 10.0 Å². The largest absolute Gasteiger partial charge is 0.465 e. The van der Waals surface area contributed by atoms with E-state index in [9.17, 15) is 17.6 Å². The van der Waals surface area contributed by atoms with Crippen LogP contribution in [-0.4, -0.2) is 67.2 Å². The first-order valence-corrected chi connectivity index (χ1v) is 9.53. The number of sulfonamides is 1. The van der Waals surface area contributed by atoms with Crippen molar-refractivity contribution in [3.63, 3.8) is 0 Å². The van der Waals surface area contributed by atoms with Crippen LogP contribution in [0.25, 0.3) is 0 Å². The Kier molecular flexibility index (Phi) is 4.74. The lowest BCUT2D eigenvalue weighted by molar-refractivity contribution is -0.0396. The fourth-order valence-electron chi connectivity index (χ4n) is 3.50. The smallest absolute Gasteiger partial charge is 0.407 e. The Labute approximate surface area is 146 Å². The Morgan fingerprint density at radius 2 is 2.08 bits per heavy atom. The number of carbonyl (C=O) groups is 1. The van der Waals surface area contributed by atoms with Crippen LogP contribution in [0.15, 0.2) is 29.2 Å². The molecule has 0 radical (unpaired) electrons. The van der Waals surface area contributed by atoms with E-state index in [1.807, 2.05) is 0 Å². The number of piperidine rings is 1. The van der Waals surface area contributed by atoms with Crippen LogP contribution >= 0.6 is 0 Å². The van der Waals surface area contributed by atoms with Crippen LogP contribution in [0.1, 0.15) is 19.3 Å². The lowest BCUT2D eigenvalue weighted by Gasteiger charge is -2.37. The molecule has 2 heterocycles. The van der Waals surface area contributed by atoms with Gasteiger partial charge in [-0.2, -0.15) is 4.31 Å². The van der Waals surface area contributed by atoms with Crippen molar-refractivity contribution in [2.75, 3.05) is 26.7 Å². The van der Waals surface area contributed by atoms with Crippen molar-refractivity contribution < 1.29 is 27.4 Å². The second kappa shape index (κ2) is 6.54. The molecule has 0 aliphatic carbocycles. The van der Waals surface area contributed by atoms with E-state index in [1.54, 1.807) is 0 Å². The van der Waals surface area contributed by atoms with Crippen molar-refractivity contribution in [2.24, 2.45) is 0 Å². The predicted molar refractivity (Wildman–Crippen MR) is 87.3 cm³/mol. The molecule has 0 bridgehead atoms. The number of hydrogen-bond donors (Lipinski definition) is 1. The summed E-state index contributed by atoms with van der Waals surface area (Å²) >= 11 is 0. The number of likely N-dealkylation sites (N-methyl/N-ethyl adjacent to an activating group) is 1. The molecule has 1 amide bonds. The zero-order chi connectivity index (χ0) is 18.2. The van der Waals surface area contributed by atoms with Gasteiger partial charge in [0.05, 0.1) is 23.1 Å². The first-order chi connectivity index (χ1) is 11.7. The van der Waals surface area contributed by atoms with Gasteiger partial charge in [-0.1, -0.05) is 6.07 Å².